The fourth-order valence-corrected chi connectivity index (χ4v) is 5.23. The standard InChI is InChI=1S/C17H26N2O2S/c1-15-7-9-17(10-8-15)22(20,21)19-13-11-18(12-14-19)16-5-3-2-4-6-16/h7-10,16H,2-6,11-14H2,1H3/p+1. The first-order valence-corrected chi connectivity index (χ1v) is 9.93. The molecule has 1 aliphatic heterocycles. The maximum Gasteiger partial charge on any atom is 0.243 e. The van der Waals surface area contributed by atoms with E-state index in [0.717, 1.165) is 24.7 Å². The molecule has 1 saturated carbocycles. The van der Waals surface area contributed by atoms with E-state index >= 15 is 0 Å². The van der Waals surface area contributed by atoms with Crippen LogP contribution < -0.4 is 4.90 Å². The van der Waals surface area contributed by atoms with Crippen molar-refractivity contribution in [2.24, 2.45) is 0 Å². The van der Waals surface area contributed by atoms with Gasteiger partial charge in [-0.05, 0) is 44.7 Å². The smallest absolute Gasteiger partial charge is 0.243 e. The molecule has 0 unspecified atom stereocenters. The van der Waals surface area contributed by atoms with Crippen LogP contribution in [-0.4, -0.2) is 44.9 Å². The SMILES string of the molecule is Cc1ccc(S(=O)(=O)N2CC[NH+](C3CCCCC3)CC2)cc1. The van der Waals surface area contributed by atoms with Gasteiger partial charge in [0.2, 0.25) is 10.0 Å². The molecule has 0 aromatic heterocycles. The van der Waals surface area contributed by atoms with Crippen molar-refractivity contribution in [3.05, 3.63) is 29.8 Å². The van der Waals surface area contributed by atoms with Gasteiger partial charge in [-0.25, -0.2) is 8.42 Å². The Balaban J connectivity index is 1.63. The number of piperazine rings is 1. The molecule has 1 N–H and O–H groups in total. The molecule has 1 aromatic carbocycles. The highest BCUT2D eigenvalue weighted by Crippen LogP contribution is 2.18. The zero-order valence-corrected chi connectivity index (χ0v) is 14.2. The van der Waals surface area contributed by atoms with Gasteiger partial charge in [0.25, 0.3) is 0 Å². The number of hydrogen-bond donors (Lipinski definition) is 1. The molecule has 5 heteroatoms. The summed E-state index contributed by atoms with van der Waals surface area (Å²) in [5.41, 5.74) is 1.09. The summed E-state index contributed by atoms with van der Waals surface area (Å²) < 4.78 is 27.1. The fraction of sp³-hybridized carbons (Fsp3) is 0.647. The molecule has 2 aliphatic rings. The maximum atomic E-state index is 12.7. The molecule has 0 bridgehead atoms. The minimum absolute atomic E-state index is 0.430. The summed E-state index contributed by atoms with van der Waals surface area (Å²) in [5.74, 6) is 0. The Morgan fingerprint density at radius 1 is 1.00 bits per heavy atom. The monoisotopic (exact) mass is 323 g/mol. The van der Waals surface area contributed by atoms with Crippen LogP contribution in [0.2, 0.25) is 0 Å². The summed E-state index contributed by atoms with van der Waals surface area (Å²) in [6.07, 6.45) is 6.71. The summed E-state index contributed by atoms with van der Waals surface area (Å²) in [7, 11) is -3.31. The van der Waals surface area contributed by atoms with Gasteiger partial charge in [-0.3, -0.25) is 0 Å². The molecule has 0 atom stereocenters. The summed E-state index contributed by atoms with van der Waals surface area (Å²) in [5, 5.41) is 0. The number of nitrogens with zero attached hydrogens (tertiary/aromatic N) is 1. The first kappa shape index (κ1) is 16.0. The molecule has 1 aliphatic carbocycles. The van der Waals surface area contributed by atoms with Crippen molar-refractivity contribution in [3.8, 4) is 0 Å². The molecule has 0 spiro atoms. The first-order chi connectivity index (χ1) is 10.6. The number of hydrogen-bond acceptors (Lipinski definition) is 2. The van der Waals surface area contributed by atoms with Crippen LogP contribution in [-0.2, 0) is 10.0 Å². The Kier molecular flexibility index (Phi) is 4.85. The van der Waals surface area contributed by atoms with Gasteiger partial charge in [0, 0.05) is 0 Å². The number of sulfonamides is 1. The van der Waals surface area contributed by atoms with Gasteiger partial charge in [-0.2, -0.15) is 4.31 Å². The van der Waals surface area contributed by atoms with Gasteiger partial charge >= 0.3 is 0 Å². The van der Waals surface area contributed by atoms with Gasteiger partial charge in [-0.15, -0.1) is 0 Å². The highest BCUT2D eigenvalue weighted by atomic mass is 32.2. The van der Waals surface area contributed by atoms with E-state index in [1.807, 2.05) is 19.1 Å². The van der Waals surface area contributed by atoms with Crippen molar-refractivity contribution in [2.75, 3.05) is 26.2 Å². The van der Waals surface area contributed by atoms with E-state index in [-0.39, 0.29) is 0 Å². The lowest BCUT2D eigenvalue weighted by molar-refractivity contribution is -0.930. The number of rotatable bonds is 3. The van der Waals surface area contributed by atoms with Crippen molar-refractivity contribution in [1.82, 2.24) is 4.31 Å². The lowest BCUT2D eigenvalue weighted by atomic mass is 9.94. The molecule has 0 amide bonds. The van der Waals surface area contributed by atoms with E-state index in [1.54, 1.807) is 21.3 Å². The van der Waals surface area contributed by atoms with Crippen LogP contribution in [0.5, 0.6) is 0 Å². The van der Waals surface area contributed by atoms with Gasteiger partial charge in [0.05, 0.1) is 37.1 Å². The quantitative estimate of drug-likeness (QED) is 0.909. The Hall–Kier alpha value is -0.910. The van der Waals surface area contributed by atoms with Crippen molar-refractivity contribution < 1.29 is 13.3 Å². The molecular weight excluding hydrogens is 296 g/mol. The van der Waals surface area contributed by atoms with Crippen molar-refractivity contribution in [3.63, 3.8) is 0 Å². The highest BCUT2D eigenvalue weighted by molar-refractivity contribution is 7.89. The van der Waals surface area contributed by atoms with Crippen molar-refractivity contribution >= 4 is 10.0 Å². The summed E-state index contributed by atoms with van der Waals surface area (Å²) >= 11 is 0. The minimum Gasteiger partial charge on any atom is -0.330 e. The maximum absolute atomic E-state index is 12.7. The molecule has 1 aromatic rings. The van der Waals surface area contributed by atoms with Gasteiger partial charge in [0.1, 0.15) is 0 Å². The van der Waals surface area contributed by atoms with Crippen LogP contribution in [0.4, 0.5) is 0 Å². The third-order valence-corrected chi connectivity index (χ3v) is 7.12. The third-order valence-electron chi connectivity index (χ3n) is 5.21. The van der Waals surface area contributed by atoms with Gasteiger partial charge in [-0.1, -0.05) is 24.1 Å². The Labute approximate surface area is 134 Å². The van der Waals surface area contributed by atoms with Crippen LogP contribution in [0, 0.1) is 6.92 Å². The normalized spacial score (nSPS) is 22.8. The Morgan fingerprint density at radius 2 is 1.59 bits per heavy atom. The minimum atomic E-state index is -3.31. The average Bonchev–Trinajstić information content (AvgIpc) is 2.56. The van der Waals surface area contributed by atoms with E-state index in [9.17, 15) is 8.42 Å². The lowest BCUT2D eigenvalue weighted by Crippen LogP contribution is -3.18. The lowest BCUT2D eigenvalue weighted by Gasteiger charge is -2.37. The van der Waals surface area contributed by atoms with E-state index < -0.39 is 10.0 Å². The van der Waals surface area contributed by atoms with Crippen molar-refractivity contribution in [2.45, 2.75) is 50.0 Å². The third kappa shape index (κ3) is 3.36. The summed E-state index contributed by atoms with van der Waals surface area (Å²) in [6, 6.07) is 7.96. The van der Waals surface area contributed by atoms with Crippen LogP contribution in [0.25, 0.3) is 0 Å². The molecule has 1 saturated heterocycles. The second-order valence-electron chi connectivity index (χ2n) is 6.71. The van der Waals surface area contributed by atoms with Gasteiger partial charge < -0.3 is 4.90 Å². The van der Waals surface area contributed by atoms with Crippen LogP contribution in [0.3, 0.4) is 0 Å². The second-order valence-corrected chi connectivity index (χ2v) is 8.65. The predicted molar refractivity (Wildman–Crippen MR) is 87.5 cm³/mol. The van der Waals surface area contributed by atoms with Crippen LogP contribution in [0.15, 0.2) is 29.2 Å². The van der Waals surface area contributed by atoms with Crippen LogP contribution >= 0.6 is 0 Å². The molecule has 22 heavy (non-hydrogen) atoms. The predicted octanol–water partition coefficient (Wildman–Crippen LogP) is 1.22. The molecule has 4 nitrogen and oxygen atoms in total. The second kappa shape index (κ2) is 6.69. The molecule has 2 fully saturated rings. The molecule has 122 valence electrons. The number of quaternary nitrogens is 1. The van der Waals surface area contributed by atoms with Crippen molar-refractivity contribution in [1.29, 1.82) is 0 Å². The molecule has 0 radical (unpaired) electrons. The summed E-state index contributed by atoms with van der Waals surface area (Å²) in [6.45, 7) is 5.19. The zero-order chi connectivity index (χ0) is 15.6. The Morgan fingerprint density at radius 3 is 2.18 bits per heavy atom. The number of aryl methyl sites for hydroxylation is 1. The highest BCUT2D eigenvalue weighted by Gasteiger charge is 2.33. The van der Waals surface area contributed by atoms with Crippen LogP contribution in [0.1, 0.15) is 37.7 Å². The van der Waals surface area contributed by atoms with E-state index in [0.29, 0.717) is 18.0 Å². The first-order valence-electron chi connectivity index (χ1n) is 8.49. The molecular formula is C17H27N2O2S+. The van der Waals surface area contributed by atoms with E-state index in [2.05, 4.69) is 0 Å². The topological polar surface area (TPSA) is 41.8 Å². The number of nitrogens with one attached hydrogen (secondary N) is 1. The fourth-order valence-electron chi connectivity index (χ4n) is 3.79. The number of benzene rings is 1. The molecule has 1 heterocycles. The average molecular weight is 323 g/mol. The van der Waals surface area contributed by atoms with Gasteiger partial charge in [0.15, 0.2) is 0 Å². The van der Waals surface area contributed by atoms with E-state index in [1.165, 1.54) is 32.1 Å². The Bertz CT molecular complexity index is 584. The summed E-state index contributed by atoms with van der Waals surface area (Å²) in [4.78, 5) is 2.05. The zero-order valence-electron chi connectivity index (χ0n) is 13.4. The molecule has 3 rings (SSSR count). The van der Waals surface area contributed by atoms with E-state index in [4.69, 9.17) is 0 Å². The largest absolute Gasteiger partial charge is 0.330 e.